The van der Waals surface area contributed by atoms with Crippen molar-refractivity contribution in [2.45, 2.75) is 27.3 Å². The van der Waals surface area contributed by atoms with Crippen molar-refractivity contribution < 1.29 is 4.79 Å². The molecule has 0 saturated carbocycles. The molecule has 110 valence electrons. The van der Waals surface area contributed by atoms with E-state index in [9.17, 15) is 4.79 Å². The zero-order chi connectivity index (χ0) is 15.4. The largest absolute Gasteiger partial charge is 0.381 e. The van der Waals surface area contributed by atoms with E-state index in [2.05, 4.69) is 51.7 Å². The fourth-order valence-corrected chi connectivity index (χ4v) is 2.35. The Morgan fingerprint density at radius 3 is 2.52 bits per heavy atom. The first-order chi connectivity index (χ1) is 9.95. The molecule has 0 bridgehead atoms. The average molecular weight is 347 g/mol. The smallest absolute Gasteiger partial charge is 0.221 e. The molecule has 2 rings (SSSR count). The monoisotopic (exact) mass is 346 g/mol. The number of carbonyl (C=O) groups excluding carboxylic acids is 1. The predicted octanol–water partition coefficient (Wildman–Crippen LogP) is 4.64. The number of aryl methyl sites for hydroxylation is 2. The molecule has 4 heteroatoms. The number of hydrogen-bond donors (Lipinski definition) is 2. The van der Waals surface area contributed by atoms with Crippen LogP contribution in [0.25, 0.3) is 0 Å². The Balaban J connectivity index is 2.11. The van der Waals surface area contributed by atoms with E-state index in [4.69, 9.17) is 0 Å². The number of amides is 1. The molecule has 0 atom stereocenters. The summed E-state index contributed by atoms with van der Waals surface area (Å²) in [5.74, 6) is -0.0617. The molecule has 0 spiro atoms. The quantitative estimate of drug-likeness (QED) is 0.846. The molecule has 0 fully saturated rings. The van der Waals surface area contributed by atoms with Gasteiger partial charge >= 0.3 is 0 Å². The zero-order valence-corrected chi connectivity index (χ0v) is 14.0. The summed E-state index contributed by atoms with van der Waals surface area (Å²) in [7, 11) is 0. The molecule has 3 nitrogen and oxygen atoms in total. The maximum atomic E-state index is 11.1. The van der Waals surface area contributed by atoms with Gasteiger partial charge in [0.2, 0.25) is 5.91 Å². The van der Waals surface area contributed by atoms with Crippen LogP contribution in [0.5, 0.6) is 0 Å². The minimum atomic E-state index is -0.0617. The molecule has 2 N–H and O–H groups in total. The third-order valence-corrected chi connectivity index (χ3v) is 4.15. The van der Waals surface area contributed by atoms with Gasteiger partial charge in [0.05, 0.1) is 0 Å². The van der Waals surface area contributed by atoms with Gasteiger partial charge in [0.25, 0.3) is 0 Å². The summed E-state index contributed by atoms with van der Waals surface area (Å²) in [6.07, 6.45) is 0. The van der Waals surface area contributed by atoms with Gasteiger partial charge in [0, 0.05) is 29.3 Å². The summed E-state index contributed by atoms with van der Waals surface area (Å²) in [4.78, 5) is 11.1. The van der Waals surface area contributed by atoms with Crippen molar-refractivity contribution >= 4 is 33.2 Å². The third-order valence-electron chi connectivity index (χ3n) is 3.26. The van der Waals surface area contributed by atoms with Crippen LogP contribution in [-0.4, -0.2) is 5.91 Å². The van der Waals surface area contributed by atoms with Crippen LogP contribution in [0, 0.1) is 13.8 Å². The number of halogens is 1. The molecule has 0 radical (unpaired) electrons. The second-order valence-corrected chi connectivity index (χ2v) is 6.00. The number of nitrogens with one attached hydrogen (secondary N) is 2. The van der Waals surface area contributed by atoms with Crippen LogP contribution < -0.4 is 10.6 Å². The van der Waals surface area contributed by atoms with Gasteiger partial charge in [0.1, 0.15) is 0 Å². The fraction of sp³-hybridized carbons (Fsp3) is 0.235. The molecule has 2 aromatic rings. The van der Waals surface area contributed by atoms with Crippen molar-refractivity contribution in [3.8, 4) is 0 Å². The molecule has 0 heterocycles. The van der Waals surface area contributed by atoms with Crippen molar-refractivity contribution in [3.63, 3.8) is 0 Å². The molecule has 0 unspecified atom stereocenters. The zero-order valence-electron chi connectivity index (χ0n) is 12.5. The van der Waals surface area contributed by atoms with Crippen LogP contribution >= 0.6 is 15.9 Å². The first-order valence-electron chi connectivity index (χ1n) is 6.83. The van der Waals surface area contributed by atoms with Crippen molar-refractivity contribution in [2.75, 3.05) is 10.6 Å². The highest BCUT2D eigenvalue weighted by Gasteiger charge is 2.03. The lowest BCUT2D eigenvalue weighted by atomic mass is 10.1. The Hall–Kier alpha value is -1.81. The van der Waals surface area contributed by atoms with Gasteiger partial charge in [-0.15, -0.1) is 0 Å². The number of rotatable bonds is 4. The molecule has 0 aliphatic carbocycles. The van der Waals surface area contributed by atoms with Gasteiger partial charge < -0.3 is 10.6 Å². The summed E-state index contributed by atoms with van der Waals surface area (Å²) in [6.45, 7) is 6.39. The molecule has 0 aromatic heterocycles. The minimum absolute atomic E-state index is 0.0617. The lowest BCUT2D eigenvalue weighted by Crippen LogP contribution is -2.07. The molecule has 1 amide bonds. The molecule has 0 aliphatic rings. The van der Waals surface area contributed by atoms with Gasteiger partial charge in [-0.2, -0.15) is 0 Å². The number of anilines is 2. The Morgan fingerprint density at radius 2 is 1.86 bits per heavy atom. The maximum absolute atomic E-state index is 11.1. The normalized spacial score (nSPS) is 10.3. The number of benzene rings is 2. The van der Waals surface area contributed by atoms with Crippen LogP contribution in [0.3, 0.4) is 0 Å². The van der Waals surface area contributed by atoms with Gasteiger partial charge in [-0.25, -0.2) is 0 Å². The van der Waals surface area contributed by atoms with Crippen molar-refractivity contribution in [2.24, 2.45) is 0 Å². The lowest BCUT2D eigenvalue weighted by Gasteiger charge is -2.12. The third kappa shape index (κ3) is 4.33. The number of hydrogen-bond acceptors (Lipinski definition) is 2. The highest BCUT2D eigenvalue weighted by atomic mass is 79.9. The Morgan fingerprint density at radius 1 is 1.10 bits per heavy atom. The van der Waals surface area contributed by atoms with E-state index in [1.165, 1.54) is 18.1 Å². The van der Waals surface area contributed by atoms with Gasteiger partial charge in [-0.1, -0.05) is 34.1 Å². The van der Waals surface area contributed by atoms with E-state index in [1.807, 2.05) is 25.1 Å². The average Bonchev–Trinajstić information content (AvgIpc) is 2.42. The van der Waals surface area contributed by atoms with Gasteiger partial charge in [-0.3, -0.25) is 4.79 Å². The first-order valence-corrected chi connectivity index (χ1v) is 7.62. The van der Waals surface area contributed by atoms with Crippen LogP contribution in [0.1, 0.15) is 23.6 Å². The van der Waals surface area contributed by atoms with Crippen molar-refractivity contribution in [1.29, 1.82) is 0 Å². The molecular formula is C17H19BrN2O. The van der Waals surface area contributed by atoms with Gasteiger partial charge in [0.15, 0.2) is 0 Å². The molecule has 21 heavy (non-hydrogen) atoms. The topological polar surface area (TPSA) is 41.1 Å². The SMILES string of the molecule is CC(=O)Nc1ccc(C)c(NCc2ccc(Br)c(C)c2)c1. The molecule has 0 saturated heterocycles. The van der Waals surface area contributed by atoms with E-state index >= 15 is 0 Å². The van der Waals surface area contributed by atoms with Crippen LogP contribution in [0.2, 0.25) is 0 Å². The fourth-order valence-electron chi connectivity index (χ4n) is 2.11. The van der Waals surface area contributed by atoms with Crippen molar-refractivity contribution in [3.05, 3.63) is 57.6 Å². The minimum Gasteiger partial charge on any atom is -0.381 e. The molecular weight excluding hydrogens is 328 g/mol. The van der Waals surface area contributed by atoms with E-state index in [-0.39, 0.29) is 5.91 Å². The summed E-state index contributed by atoms with van der Waals surface area (Å²) in [5.41, 5.74) is 5.43. The standard InChI is InChI=1S/C17H19BrN2O/c1-11-4-6-15(20-13(3)21)9-17(11)19-10-14-5-7-16(18)12(2)8-14/h4-9,19H,10H2,1-3H3,(H,20,21). The van der Waals surface area contributed by atoms with E-state index in [0.717, 1.165) is 28.0 Å². The molecule has 2 aromatic carbocycles. The molecule has 0 aliphatic heterocycles. The van der Waals surface area contributed by atoms with Crippen LogP contribution in [-0.2, 0) is 11.3 Å². The summed E-state index contributed by atoms with van der Waals surface area (Å²) in [5, 5.41) is 6.22. The van der Waals surface area contributed by atoms with E-state index in [1.54, 1.807) is 0 Å². The summed E-state index contributed by atoms with van der Waals surface area (Å²) < 4.78 is 1.12. The van der Waals surface area contributed by atoms with Crippen LogP contribution in [0.4, 0.5) is 11.4 Å². The highest BCUT2D eigenvalue weighted by Crippen LogP contribution is 2.22. The van der Waals surface area contributed by atoms with Crippen LogP contribution in [0.15, 0.2) is 40.9 Å². The maximum Gasteiger partial charge on any atom is 0.221 e. The summed E-state index contributed by atoms with van der Waals surface area (Å²) >= 11 is 3.51. The van der Waals surface area contributed by atoms with E-state index in [0.29, 0.717) is 0 Å². The predicted molar refractivity (Wildman–Crippen MR) is 91.7 cm³/mol. The van der Waals surface area contributed by atoms with Crippen molar-refractivity contribution in [1.82, 2.24) is 0 Å². The Labute approximate surface area is 133 Å². The second kappa shape index (κ2) is 6.76. The first kappa shape index (κ1) is 15.6. The number of carbonyl (C=O) groups is 1. The second-order valence-electron chi connectivity index (χ2n) is 5.15. The Kier molecular flexibility index (Phi) is 5.02. The lowest BCUT2D eigenvalue weighted by molar-refractivity contribution is -0.114. The highest BCUT2D eigenvalue weighted by molar-refractivity contribution is 9.10. The van der Waals surface area contributed by atoms with Gasteiger partial charge in [-0.05, 0) is 48.7 Å². The Bertz CT molecular complexity index is 668. The summed E-state index contributed by atoms with van der Waals surface area (Å²) in [6, 6.07) is 12.2. The van der Waals surface area contributed by atoms with E-state index < -0.39 is 0 Å².